The summed E-state index contributed by atoms with van der Waals surface area (Å²) in [6.45, 7) is 2.24. The Balaban J connectivity index is 2.41. The second-order valence-electron chi connectivity index (χ2n) is 3.50. The number of nitrogens with zero attached hydrogens (tertiary/aromatic N) is 1. The van der Waals surface area contributed by atoms with Crippen molar-refractivity contribution in [3.05, 3.63) is 34.7 Å². The summed E-state index contributed by atoms with van der Waals surface area (Å²) in [5, 5.41) is 0. The van der Waals surface area contributed by atoms with Crippen molar-refractivity contribution < 1.29 is 14.3 Å². The van der Waals surface area contributed by atoms with Gasteiger partial charge in [0.15, 0.2) is 0 Å². The quantitative estimate of drug-likeness (QED) is 0.541. The number of hydrogen-bond acceptors (Lipinski definition) is 4. The molecule has 0 unspecified atom stereocenters. The highest BCUT2D eigenvalue weighted by atomic mass is 16.5. The lowest BCUT2D eigenvalue weighted by Crippen LogP contribution is -2.20. The topological polar surface area (TPSA) is 65.4 Å². The Morgan fingerprint density at radius 1 is 1.35 bits per heavy atom. The van der Waals surface area contributed by atoms with Gasteiger partial charge in [-0.15, -0.1) is 0 Å². The molecule has 0 aliphatic rings. The Labute approximate surface area is 99.0 Å². The number of pyridine rings is 1. The maximum absolute atomic E-state index is 11.4. The van der Waals surface area contributed by atoms with E-state index in [-0.39, 0.29) is 37.3 Å². The van der Waals surface area contributed by atoms with Crippen LogP contribution in [0.2, 0.25) is 0 Å². The van der Waals surface area contributed by atoms with Gasteiger partial charge in [-0.25, -0.2) is 0 Å². The van der Waals surface area contributed by atoms with Gasteiger partial charge in [0.2, 0.25) is 0 Å². The Bertz CT molecular complexity index is 450. The third-order valence-corrected chi connectivity index (χ3v) is 2.18. The van der Waals surface area contributed by atoms with Crippen LogP contribution in [0.4, 0.5) is 0 Å². The lowest BCUT2D eigenvalue weighted by Gasteiger charge is -2.04. The molecule has 0 aliphatic carbocycles. The van der Waals surface area contributed by atoms with Crippen molar-refractivity contribution in [1.29, 1.82) is 0 Å². The number of rotatable bonds is 6. The van der Waals surface area contributed by atoms with E-state index < -0.39 is 5.97 Å². The van der Waals surface area contributed by atoms with Crippen molar-refractivity contribution in [3.63, 3.8) is 0 Å². The predicted octanol–water partition coefficient (Wildman–Crippen LogP) is 0.761. The van der Waals surface area contributed by atoms with Crippen LogP contribution in [0.3, 0.4) is 0 Å². The number of hydrogen-bond donors (Lipinski definition) is 0. The van der Waals surface area contributed by atoms with Crippen molar-refractivity contribution >= 4 is 11.8 Å². The lowest BCUT2D eigenvalue weighted by molar-refractivity contribution is -0.145. The number of ketones is 1. The predicted molar refractivity (Wildman–Crippen MR) is 61.6 cm³/mol. The van der Waals surface area contributed by atoms with E-state index in [1.807, 2.05) is 0 Å². The molecule has 5 heteroatoms. The van der Waals surface area contributed by atoms with Crippen LogP contribution in [0.15, 0.2) is 29.2 Å². The van der Waals surface area contributed by atoms with Gasteiger partial charge < -0.3 is 9.30 Å². The zero-order valence-corrected chi connectivity index (χ0v) is 9.72. The fourth-order valence-electron chi connectivity index (χ4n) is 1.35. The van der Waals surface area contributed by atoms with Gasteiger partial charge in [-0.1, -0.05) is 6.07 Å². The first-order valence-corrected chi connectivity index (χ1v) is 5.46. The van der Waals surface area contributed by atoms with Crippen LogP contribution in [0.5, 0.6) is 0 Å². The fraction of sp³-hybridized carbons (Fsp3) is 0.417. The number of carbonyl (C=O) groups excluding carboxylic acids is 2. The number of aromatic nitrogens is 1. The van der Waals surface area contributed by atoms with E-state index in [1.54, 1.807) is 25.3 Å². The maximum atomic E-state index is 11.4. The second-order valence-corrected chi connectivity index (χ2v) is 3.50. The summed E-state index contributed by atoms with van der Waals surface area (Å²) >= 11 is 0. The molecule has 0 aromatic carbocycles. The molecule has 17 heavy (non-hydrogen) atoms. The first kappa shape index (κ1) is 13.2. The molecule has 0 atom stereocenters. The molecular formula is C12H15NO4. The highest BCUT2D eigenvalue weighted by Gasteiger charge is 2.10. The summed E-state index contributed by atoms with van der Waals surface area (Å²) in [7, 11) is 0. The van der Waals surface area contributed by atoms with E-state index in [0.29, 0.717) is 0 Å². The molecule has 0 bridgehead atoms. The number of Topliss-reactive ketones (excluding diaryl/α,β-unsaturated/α-hetero) is 1. The second kappa shape index (κ2) is 6.62. The third-order valence-electron chi connectivity index (χ3n) is 2.18. The molecule has 0 fully saturated rings. The van der Waals surface area contributed by atoms with Crippen LogP contribution in [-0.4, -0.2) is 22.9 Å². The first-order chi connectivity index (χ1) is 8.13. The van der Waals surface area contributed by atoms with E-state index in [0.717, 1.165) is 0 Å². The molecule has 1 aromatic rings. The van der Waals surface area contributed by atoms with Crippen molar-refractivity contribution in [2.75, 3.05) is 6.61 Å². The van der Waals surface area contributed by atoms with Gasteiger partial charge in [-0.2, -0.15) is 0 Å². The van der Waals surface area contributed by atoms with Crippen LogP contribution in [0.25, 0.3) is 0 Å². The fourth-order valence-corrected chi connectivity index (χ4v) is 1.35. The summed E-state index contributed by atoms with van der Waals surface area (Å²) in [5.41, 5.74) is -0.156. The van der Waals surface area contributed by atoms with Crippen molar-refractivity contribution in [1.82, 2.24) is 4.57 Å². The zero-order valence-electron chi connectivity index (χ0n) is 9.72. The number of aryl methyl sites for hydroxylation is 1. The molecule has 0 amide bonds. The largest absolute Gasteiger partial charge is 0.466 e. The highest BCUT2D eigenvalue weighted by Crippen LogP contribution is 1.96. The van der Waals surface area contributed by atoms with Crippen LogP contribution >= 0.6 is 0 Å². The van der Waals surface area contributed by atoms with Crippen LogP contribution in [-0.2, 0) is 20.9 Å². The third kappa shape index (κ3) is 4.63. The SMILES string of the molecule is CCOC(=O)CC(=O)CCn1ccccc1=O. The zero-order chi connectivity index (χ0) is 12.7. The van der Waals surface area contributed by atoms with Crippen LogP contribution in [0, 0.1) is 0 Å². The average Bonchev–Trinajstić information content (AvgIpc) is 2.28. The van der Waals surface area contributed by atoms with Crippen LogP contribution < -0.4 is 5.56 Å². The summed E-state index contributed by atoms with van der Waals surface area (Å²) in [4.78, 5) is 33.7. The summed E-state index contributed by atoms with van der Waals surface area (Å²) in [5.74, 6) is -0.739. The van der Waals surface area contributed by atoms with Gasteiger partial charge >= 0.3 is 5.97 Å². The minimum atomic E-state index is -0.516. The molecule has 0 N–H and O–H groups in total. The molecule has 0 aliphatic heterocycles. The maximum Gasteiger partial charge on any atom is 0.313 e. The van der Waals surface area contributed by atoms with E-state index in [4.69, 9.17) is 0 Å². The normalized spacial score (nSPS) is 9.94. The van der Waals surface area contributed by atoms with Gasteiger partial charge in [0.25, 0.3) is 5.56 Å². The van der Waals surface area contributed by atoms with Crippen LogP contribution in [0.1, 0.15) is 19.8 Å². The van der Waals surface area contributed by atoms with Crippen molar-refractivity contribution in [3.8, 4) is 0 Å². The van der Waals surface area contributed by atoms with Gasteiger partial charge in [0.05, 0.1) is 6.61 Å². The minimum Gasteiger partial charge on any atom is -0.466 e. The van der Waals surface area contributed by atoms with Gasteiger partial charge in [-0.05, 0) is 13.0 Å². The highest BCUT2D eigenvalue weighted by molar-refractivity contribution is 5.95. The molecule has 1 heterocycles. The molecule has 0 saturated heterocycles. The molecule has 0 spiro atoms. The molecule has 1 aromatic heterocycles. The molecular weight excluding hydrogens is 222 g/mol. The van der Waals surface area contributed by atoms with Gasteiger partial charge in [-0.3, -0.25) is 14.4 Å². The minimum absolute atomic E-state index is 0.155. The summed E-state index contributed by atoms with van der Waals surface area (Å²) in [6, 6.07) is 4.78. The number of ether oxygens (including phenoxy) is 1. The Morgan fingerprint density at radius 3 is 2.76 bits per heavy atom. The Hall–Kier alpha value is -1.91. The molecule has 0 radical (unpaired) electrons. The Kier molecular flexibility index (Phi) is 5.13. The first-order valence-electron chi connectivity index (χ1n) is 5.46. The molecule has 0 saturated carbocycles. The summed E-state index contributed by atoms with van der Waals surface area (Å²) < 4.78 is 6.09. The lowest BCUT2D eigenvalue weighted by atomic mass is 10.2. The molecule has 1 rings (SSSR count). The van der Waals surface area contributed by atoms with Crippen molar-refractivity contribution in [2.45, 2.75) is 26.3 Å². The van der Waals surface area contributed by atoms with E-state index in [2.05, 4.69) is 4.74 Å². The monoisotopic (exact) mass is 237 g/mol. The number of carbonyl (C=O) groups is 2. The van der Waals surface area contributed by atoms with Gasteiger partial charge in [0, 0.05) is 25.2 Å². The number of esters is 1. The van der Waals surface area contributed by atoms with E-state index >= 15 is 0 Å². The molecule has 92 valence electrons. The van der Waals surface area contributed by atoms with Gasteiger partial charge in [0.1, 0.15) is 12.2 Å². The smallest absolute Gasteiger partial charge is 0.313 e. The van der Waals surface area contributed by atoms with E-state index in [1.165, 1.54) is 10.6 Å². The van der Waals surface area contributed by atoms with E-state index in [9.17, 15) is 14.4 Å². The average molecular weight is 237 g/mol. The molecule has 5 nitrogen and oxygen atoms in total. The summed E-state index contributed by atoms with van der Waals surface area (Å²) in [6.07, 6.45) is 1.54. The Morgan fingerprint density at radius 2 is 2.12 bits per heavy atom. The standard InChI is InChI=1S/C12H15NO4/c1-2-17-12(16)9-10(14)6-8-13-7-4-3-5-11(13)15/h3-5,7H,2,6,8-9H2,1H3. The van der Waals surface area contributed by atoms with Crippen molar-refractivity contribution in [2.24, 2.45) is 0 Å².